The molecule has 0 aromatic rings. The summed E-state index contributed by atoms with van der Waals surface area (Å²) in [6, 6.07) is 0. The van der Waals surface area contributed by atoms with Gasteiger partial charge in [-0.05, 0) is 20.8 Å². The van der Waals surface area contributed by atoms with Crippen molar-refractivity contribution in [3.63, 3.8) is 0 Å². The van der Waals surface area contributed by atoms with Gasteiger partial charge in [0, 0.05) is 13.1 Å². The fourth-order valence-corrected chi connectivity index (χ4v) is 1.52. The van der Waals surface area contributed by atoms with Gasteiger partial charge in [-0.25, -0.2) is 0 Å². The second kappa shape index (κ2) is 3.52. The lowest BCUT2D eigenvalue weighted by atomic mass is 10.2. The van der Waals surface area contributed by atoms with E-state index in [1.54, 1.807) is 6.92 Å². The largest absolute Gasteiger partial charge is 0.379 e. The van der Waals surface area contributed by atoms with Crippen LogP contribution in [0.5, 0.6) is 0 Å². The van der Waals surface area contributed by atoms with Crippen molar-refractivity contribution in [3.8, 4) is 0 Å². The molecule has 1 fully saturated rings. The summed E-state index contributed by atoms with van der Waals surface area (Å²) in [7, 11) is 0. The summed E-state index contributed by atoms with van der Waals surface area (Å²) in [5, 5.41) is 9.28. The number of hydrogen-bond acceptors (Lipinski definition) is 3. The van der Waals surface area contributed by atoms with Crippen molar-refractivity contribution in [3.05, 3.63) is 0 Å². The van der Waals surface area contributed by atoms with E-state index in [0.717, 1.165) is 13.1 Å². The summed E-state index contributed by atoms with van der Waals surface area (Å²) in [6.45, 7) is 7.53. The van der Waals surface area contributed by atoms with E-state index >= 15 is 0 Å². The monoisotopic (exact) mass is 159 g/mol. The highest BCUT2D eigenvalue weighted by Gasteiger charge is 2.24. The number of nitrogens with zero attached hydrogens (tertiary/aromatic N) is 1. The van der Waals surface area contributed by atoms with Crippen LogP contribution in [0.2, 0.25) is 0 Å². The molecule has 0 bridgehead atoms. The summed E-state index contributed by atoms with van der Waals surface area (Å²) in [5.41, 5.74) is 0. The molecule has 11 heavy (non-hydrogen) atoms. The Hall–Kier alpha value is -0.120. The van der Waals surface area contributed by atoms with Crippen LogP contribution in [0.4, 0.5) is 0 Å². The first-order chi connectivity index (χ1) is 5.09. The number of ether oxygens (including phenoxy) is 1. The van der Waals surface area contributed by atoms with E-state index in [1.165, 1.54) is 0 Å². The molecule has 0 radical (unpaired) electrons. The third kappa shape index (κ3) is 2.43. The molecule has 0 spiro atoms. The Morgan fingerprint density at radius 1 is 1.36 bits per heavy atom. The molecular weight excluding hydrogens is 142 g/mol. The minimum absolute atomic E-state index is 0.244. The molecule has 2 unspecified atom stereocenters. The highest BCUT2D eigenvalue weighted by atomic mass is 16.5. The molecule has 1 heterocycles. The van der Waals surface area contributed by atoms with E-state index in [4.69, 9.17) is 4.74 Å². The number of aliphatic hydroxyl groups is 1. The van der Waals surface area contributed by atoms with Crippen LogP contribution in [0.15, 0.2) is 0 Å². The van der Waals surface area contributed by atoms with Crippen LogP contribution in [-0.4, -0.2) is 41.5 Å². The fourth-order valence-electron chi connectivity index (χ4n) is 1.52. The lowest BCUT2D eigenvalue weighted by Crippen LogP contribution is -2.49. The molecule has 1 aliphatic rings. The van der Waals surface area contributed by atoms with Crippen LogP contribution >= 0.6 is 0 Å². The van der Waals surface area contributed by atoms with E-state index in [0.29, 0.717) is 0 Å². The number of hydrogen-bond donors (Lipinski definition) is 1. The Labute approximate surface area is 68.0 Å². The summed E-state index contributed by atoms with van der Waals surface area (Å²) < 4.78 is 5.51. The smallest absolute Gasteiger partial charge is 0.104 e. The minimum atomic E-state index is -0.344. The molecule has 3 heteroatoms. The van der Waals surface area contributed by atoms with Crippen molar-refractivity contribution >= 4 is 0 Å². The normalized spacial score (nSPS) is 37.1. The number of aliphatic hydroxyl groups excluding tert-OH is 1. The van der Waals surface area contributed by atoms with Crippen molar-refractivity contribution in [2.75, 3.05) is 13.1 Å². The molecule has 0 aromatic carbocycles. The summed E-state index contributed by atoms with van der Waals surface area (Å²) >= 11 is 0. The van der Waals surface area contributed by atoms with Gasteiger partial charge in [0.05, 0.1) is 12.2 Å². The molecule has 0 saturated carbocycles. The standard InChI is InChI=1S/C8H17NO2/c1-6-4-9(8(3)10)5-7(2)11-6/h6-8,10H,4-5H2,1-3H3/t6?,7?,8-/m0/s1. The van der Waals surface area contributed by atoms with Crippen molar-refractivity contribution in [1.82, 2.24) is 4.90 Å². The van der Waals surface area contributed by atoms with Crippen LogP contribution < -0.4 is 0 Å². The second-order valence-electron chi connectivity index (χ2n) is 3.34. The maximum absolute atomic E-state index is 9.28. The maximum atomic E-state index is 9.28. The van der Waals surface area contributed by atoms with Gasteiger partial charge in [0.15, 0.2) is 0 Å². The quantitative estimate of drug-likeness (QED) is 0.602. The zero-order chi connectivity index (χ0) is 8.43. The lowest BCUT2D eigenvalue weighted by molar-refractivity contribution is -0.114. The second-order valence-corrected chi connectivity index (χ2v) is 3.34. The average molecular weight is 159 g/mol. The van der Waals surface area contributed by atoms with Gasteiger partial charge in [-0.3, -0.25) is 4.90 Å². The van der Waals surface area contributed by atoms with Gasteiger partial charge in [0.2, 0.25) is 0 Å². The van der Waals surface area contributed by atoms with Crippen LogP contribution in [0.25, 0.3) is 0 Å². The van der Waals surface area contributed by atoms with Crippen LogP contribution in [0, 0.1) is 0 Å². The summed E-state index contributed by atoms with van der Waals surface area (Å²) in [5.74, 6) is 0. The molecule has 0 aliphatic carbocycles. The van der Waals surface area contributed by atoms with E-state index in [1.807, 2.05) is 18.7 Å². The Bertz CT molecular complexity index is 117. The predicted molar refractivity (Wildman–Crippen MR) is 43.3 cm³/mol. The van der Waals surface area contributed by atoms with Gasteiger partial charge in [-0.2, -0.15) is 0 Å². The molecular formula is C8H17NO2. The van der Waals surface area contributed by atoms with Crippen molar-refractivity contribution < 1.29 is 9.84 Å². The van der Waals surface area contributed by atoms with Gasteiger partial charge in [0.1, 0.15) is 6.23 Å². The van der Waals surface area contributed by atoms with E-state index < -0.39 is 0 Å². The molecule has 0 aromatic heterocycles. The third-order valence-electron chi connectivity index (χ3n) is 1.98. The van der Waals surface area contributed by atoms with E-state index in [2.05, 4.69) is 0 Å². The molecule has 3 nitrogen and oxygen atoms in total. The van der Waals surface area contributed by atoms with Crippen molar-refractivity contribution in [1.29, 1.82) is 0 Å². The van der Waals surface area contributed by atoms with Gasteiger partial charge < -0.3 is 9.84 Å². The molecule has 66 valence electrons. The summed E-state index contributed by atoms with van der Waals surface area (Å²) in [4.78, 5) is 2.03. The average Bonchev–Trinajstić information content (AvgIpc) is 1.85. The molecule has 1 aliphatic heterocycles. The predicted octanol–water partition coefficient (Wildman–Crippen LogP) is 0.434. The maximum Gasteiger partial charge on any atom is 0.104 e. The Morgan fingerprint density at radius 3 is 2.18 bits per heavy atom. The van der Waals surface area contributed by atoms with E-state index in [-0.39, 0.29) is 18.4 Å². The first kappa shape index (κ1) is 8.97. The Balaban J connectivity index is 2.43. The first-order valence-corrected chi connectivity index (χ1v) is 4.17. The highest BCUT2D eigenvalue weighted by molar-refractivity contribution is 4.73. The molecule has 1 N–H and O–H groups in total. The van der Waals surface area contributed by atoms with Crippen LogP contribution in [0.1, 0.15) is 20.8 Å². The fraction of sp³-hybridized carbons (Fsp3) is 1.00. The van der Waals surface area contributed by atoms with Crippen molar-refractivity contribution in [2.24, 2.45) is 0 Å². The topological polar surface area (TPSA) is 32.7 Å². The van der Waals surface area contributed by atoms with Gasteiger partial charge in [-0.15, -0.1) is 0 Å². The highest BCUT2D eigenvalue weighted by Crippen LogP contribution is 2.11. The SMILES string of the molecule is CC1CN([C@H](C)O)CC(C)O1. The lowest BCUT2D eigenvalue weighted by Gasteiger charge is -2.36. The van der Waals surface area contributed by atoms with Crippen LogP contribution in [0.3, 0.4) is 0 Å². The van der Waals surface area contributed by atoms with Crippen LogP contribution in [-0.2, 0) is 4.74 Å². The third-order valence-corrected chi connectivity index (χ3v) is 1.98. The molecule has 0 amide bonds. The first-order valence-electron chi connectivity index (χ1n) is 4.17. The van der Waals surface area contributed by atoms with Crippen molar-refractivity contribution in [2.45, 2.75) is 39.2 Å². The van der Waals surface area contributed by atoms with E-state index in [9.17, 15) is 5.11 Å². The number of morpholine rings is 1. The minimum Gasteiger partial charge on any atom is -0.379 e. The zero-order valence-electron chi connectivity index (χ0n) is 7.45. The molecule has 1 saturated heterocycles. The molecule has 1 rings (SSSR count). The zero-order valence-corrected chi connectivity index (χ0v) is 7.45. The Morgan fingerprint density at radius 2 is 1.82 bits per heavy atom. The van der Waals surface area contributed by atoms with Gasteiger partial charge >= 0.3 is 0 Å². The Kier molecular flexibility index (Phi) is 2.87. The van der Waals surface area contributed by atoms with Gasteiger partial charge in [-0.1, -0.05) is 0 Å². The van der Waals surface area contributed by atoms with Gasteiger partial charge in [0.25, 0.3) is 0 Å². The summed E-state index contributed by atoms with van der Waals surface area (Å²) in [6.07, 6.45) is 0.144. The molecule has 3 atom stereocenters. The number of rotatable bonds is 1.